The summed E-state index contributed by atoms with van der Waals surface area (Å²) in [6, 6.07) is 0. The van der Waals surface area contributed by atoms with Crippen molar-refractivity contribution in [1.29, 1.82) is 0 Å². The van der Waals surface area contributed by atoms with Crippen LogP contribution in [-0.2, 0) is 0 Å². The van der Waals surface area contributed by atoms with Crippen molar-refractivity contribution in [2.24, 2.45) is 0 Å². The van der Waals surface area contributed by atoms with Crippen molar-refractivity contribution >= 4 is 12.4 Å². The number of rotatable bonds is 1. The highest BCUT2D eigenvalue weighted by Gasteiger charge is 2.21. The molecule has 2 heterocycles. The lowest BCUT2D eigenvalue weighted by Gasteiger charge is -2.23. The van der Waals surface area contributed by atoms with Gasteiger partial charge in [0.15, 0.2) is 5.82 Å². The zero-order valence-corrected chi connectivity index (χ0v) is 6.06. The van der Waals surface area contributed by atoms with Crippen molar-refractivity contribution in [1.82, 2.24) is 25.9 Å². The molecule has 2 rings (SSSR count). The highest BCUT2D eigenvalue weighted by Crippen LogP contribution is 2.12. The average molecular weight is 162 g/mol. The van der Waals surface area contributed by atoms with Gasteiger partial charge in [-0.05, 0) is 10.4 Å². The Morgan fingerprint density at radius 3 is 2.60 bits per heavy atom. The molecule has 2 N–H and O–H groups in total. The molecular weight excluding hydrogens is 154 g/mol. The summed E-state index contributed by atoms with van der Waals surface area (Å²) >= 11 is 0. The van der Waals surface area contributed by atoms with Crippen molar-refractivity contribution in [2.45, 2.75) is 5.92 Å². The molecule has 1 fully saturated rings. The predicted octanol–water partition coefficient (Wildman–Crippen LogP) is -0.692. The first kappa shape index (κ1) is 7.43. The third-order valence-electron chi connectivity index (χ3n) is 1.53. The minimum absolute atomic E-state index is 0. The molecule has 0 spiro atoms. The maximum Gasteiger partial charge on any atom is 0.154 e. The van der Waals surface area contributed by atoms with Gasteiger partial charge < -0.3 is 5.32 Å². The van der Waals surface area contributed by atoms with Gasteiger partial charge in [0.25, 0.3) is 0 Å². The SMILES string of the molecule is C1NCC1c1nnn[nH]1.Cl. The Hall–Kier alpha value is -0.680. The van der Waals surface area contributed by atoms with Gasteiger partial charge in [0.2, 0.25) is 0 Å². The first-order valence-corrected chi connectivity index (χ1v) is 2.91. The lowest BCUT2D eigenvalue weighted by Crippen LogP contribution is -2.40. The molecule has 0 atom stereocenters. The molecule has 5 nitrogen and oxygen atoms in total. The van der Waals surface area contributed by atoms with Crippen molar-refractivity contribution in [3.05, 3.63) is 5.82 Å². The second-order valence-corrected chi connectivity index (χ2v) is 2.14. The molecule has 1 saturated heterocycles. The molecule has 56 valence electrons. The molecule has 10 heavy (non-hydrogen) atoms. The maximum absolute atomic E-state index is 3.78. The summed E-state index contributed by atoms with van der Waals surface area (Å²) in [5.74, 6) is 1.41. The largest absolute Gasteiger partial charge is 0.315 e. The van der Waals surface area contributed by atoms with E-state index < -0.39 is 0 Å². The standard InChI is InChI=1S/C4H7N5.ClH/c1-3(2-5-1)4-6-8-9-7-4;/h3,5H,1-2H2,(H,6,7,8,9);1H. The first-order chi connectivity index (χ1) is 4.47. The molecule has 1 aliphatic heterocycles. The highest BCUT2D eigenvalue weighted by molar-refractivity contribution is 5.85. The topological polar surface area (TPSA) is 66.5 Å². The molecule has 1 aliphatic rings. The van der Waals surface area contributed by atoms with E-state index in [-0.39, 0.29) is 12.4 Å². The van der Waals surface area contributed by atoms with E-state index in [1.54, 1.807) is 0 Å². The van der Waals surface area contributed by atoms with Gasteiger partial charge in [0, 0.05) is 19.0 Å². The molecule has 0 aliphatic carbocycles. The monoisotopic (exact) mass is 161 g/mol. The van der Waals surface area contributed by atoms with Gasteiger partial charge in [-0.1, -0.05) is 0 Å². The lowest BCUT2D eigenvalue weighted by molar-refractivity contribution is 0.430. The quantitative estimate of drug-likeness (QED) is 0.572. The number of tetrazole rings is 1. The van der Waals surface area contributed by atoms with Crippen LogP contribution in [0.5, 0.6) is 0 Å². The normalized spacial score (nSPS) is 17.6. The zero-order chi connectivity index (χ0) is 6.10. The summed E-state index contributed by atoms with van der Waals surface area (Å²) in [6.45, 7) is 1.99. The third-order valence-corrected chi connectivity index (χ3v) is 1.53. The Bertz CT molecular complexity index is 182. The van der Waals surface area contributed by atoms with Gasteiger partial charge >= 0.3 is 0 Å². The Morgan fingerprint density at radius 1 is 1.40 bits per heavy atom. The molecule has 1 aromatic rings. The van der Waals surface area contributed by atoms with Gasteiger partial charge in [-0.3, -0.25) is 0 Å². The summed E-state index contributed by atoms with van der Waals surface area (Å²) in [5.41, 5.74) is 0. The molecule has 6 heteroatoms. The van der Waals surface area contributed by atoms with E-state index in [4.69, 9.17) is 0 Å². The van der Waals surface area contributed by atoms with Crippen molar-refractivity contribution in [2.75, 3.05) is 13.1 Å². The molecule has 0 saturated carbocycles. The van der Waals surface area contributed by atoms with E-state index in [1.807, 2.05) is 0 Å². The fourth-order valence-electron chi connectivity index (χ4n) is 0.821. The van der Waals surface area contributed by atoms with Gasteiger partial charge in [-0.25, -0.2) is 5.10 Å². The summed E-state index contributed by atoms with van der Waals surface area (Å²) in [4.78, 5) is 0. The van der Waals surface area contributed by atoms with E-state index in [2.05, 4.69) is 25.9 Å². The van der Waals surface area contributed by atoms with Crippen molar-refractivity contribution in [3.63, 3.8) is 0 Å². The van der Waals surface area contributed by atoms with Gasteiger partial charge in [0.1, 0.15) is 0 Å². The van der Waals surface area contributed by atoms with Crippen LogP contribution < -0.4 is 5.32 Å². The van der Waals surface area contributed by atoms with Crippen LogP contribution in [0.1, 0.15) is 11.7 Å². The van der Waals surface area contributed by atoms with Crippen LogP contribution in [0.15, 0.2) is 0 Å². The molecular formula is C4H8ClN5. The first-order valence-electron chi connectivity index (χ1n) is 2.91. The molecule has 0 aromatic carbocycles. The minimum Gasteiger partial charge on any atom is -0.315 e. The molecule has 0 unspecified atom stereocenters. The highest BCUT2D eigenvalue weighted by atomic mass is 35.5. The minimum atomic E-state index is 0. The number of aromatic amines is 1. The van der Waals surface area contributed by atoms with E-state index in [9.17, 15) is 0 Å². The number of halogens is 1. The van der Waals surface area contributed by atoms with Crippen LogP contribution in [0.4, 0.5) is 0 Å². The fourth-order valence-corrected chi connectivity index (χ4v) is 0.821. The number of hydrogen-bond acceptors (Lipinski definition) is 4. The maximum atomic E-state index is 3.78. The molecule has 0 amide bonds. The Balaban J connectivity index is 0.000000500. The molecule has 0 bridgehead atoms. The summed E-state index contributed by atoms with van der Waals surface area (Å²) in [5, 5.41) is 16.6. The van der Waals surface area contributed by atoms with E-state index >= 15 is 0 Å². The van der Waals surface area contributed by atoms with Crippen LogP contribution in [-0.4, -0.2) is 33.7 Å². The Labute approximate surface area is 64.0 Å². The second kappa shape index (κ2) is 2.94. The van der Waals surface area contributed by atoms with E-state index in [1.165, 1.54) is 0 Å². The summed E-state index contributed by atoms with van der Waals surface area (Å²) in [6.07, 6.45) is 0. The van der Waals surface area contributed by atoms with Crippen molar-refractivity contribution < 1.29 is 0 Å². The number of nitrogens with zero attached hydrogens (tertiary/aromatic N) is 3. The van der Waals surface area contributed by atoms with Gasteiger partial charge in [-0.15, -0.1) is 17.5 Å². The zero-order valence-electron chi connectivity index (χ0n) is 5.24. The number of H-pyrrole nitrogens is 1. The molecule has 1 aromatic heterocycles. The van der Waals surface area contributed by atoms with Crippen LogP contribution >= 0.6 is 12.4 Å². The second-order valence-electron chi connectivity index (χ2n) is 2.14. The van der Waals surface area contributed by atoms with Crippen LogP contribution in [0, 0.1) is 0 Å². The van der Waals surface area contributed by atoms with Crippen LogP contribution in [0.2, 0.25) is 0 Å². The van der Waals surface area contributed by atoms with Crippen LogP contribution in [0.25, 0.3) is 0 Å². The smallest absolute Gasteiger partial charge is 0.154 e. The van der Waals surface area contributed by atoms with Gasteiger partial charge in [0.05, 0.1) is 0 Å². The van der Waals surface area contributed by atoms with E-state index in [0.29, 0.717) is 5.92 Å². The lowest BCUT2D eigenvalue weighted by atomic mass is 10.0. The van der Waals surface area contributed by atoms with Crippen LogP contribution in [0.3, 0.4) is 0 Å². The Morgan fingerprint density at radius 2 is 2.20 bits per heavy atom. The number of nitrogens with one attached hydrogen (secondary N) is 2. The number of hydrogen-bond donors (Lipinski definition) is 2. The van der Waals surface area contributed by atoms with Crippen molar-refractivity contribution in [3.8, 4) is 0 Å². The van der Waals surface area contributed by atoms with Gasteiger partial charge in [-0.2, -0.15) is 0 Å². The fraction of sp³-hybridized carbons (Fsp3) is 0.750. The third kappa shape index (κ3) is 1.10. The molecule has 0 radical (unpaired) electrons. The van der Waals surface area contributed by atoms with E-state index in [0.717, 1.165) is 18.9 Å². The summed E-state index contributed by atoms with van der Waals surface area (Å²) in [7, 11) is 0. The number of aromatic nitrogens is 4. The summed E-state index contributed by atoms with van der Waals surface area (Å²) < 4.78 is 0. The predicted molar refractivity (Wildman–Crippen MR) is 37.0 cm³/mol. The average Bonchev–Trinajstić information content (AvgIpc) is 2.11. The Kier molecular flexibility index (Phi) is 2.18.